The van der Waals surface area contributed by atoms with Crippen molar-refractivity contribution in [2.75, 3.05) is 23.9 Å². The van der Waals surface area contributed by atoms with Crippen LogP contribution in [0.3, 0.4) is 0 Å². The molecular formula is C20H18F3IN4O. The van der Waals surface area contributed by atoms with Gasteiger partial charge < -0.3 is 15.0 Å². The van der Waals surface area contributed by atoms with Crippen LogP contribution in [0.2, 0.25) is 0 Å². The highest BCUT2D eigenvalue weighted by Crippen LogP contribution is 2.38. The minimum absolute atomic E-state index is 0.0759. The molecule has 3 aromatic rings. The van der Waals surface area contributed by atoms with Crippen molar-refractivity contribution in [1.29, 1.82) is 0 Å². The molecule has 0 saturated carbocycles. The number of anilines is 4. The number of halogens is 4. The Morgan fingerprint density at radius 2 is 1.72 bits per heavy atom. The number of hydrogen-bond acceptors (Lipinski definition) is 5. The number of nitrogens with zero attached hydrogens (tertiary/aromatic N) is 3. The Morgan fingerprint density at radius 3 is 2.31 bits per heavy atom. The largest absolute Gasteiger partial charge is 0.494 e. The number of benzene rings is 2. The molecule has 0 radical (unpaired) electrons. The molecule has 0 amide bonds. The van der Waals surface area contributed by atoms with E-state index in [9.17, 15) is 13.2 Å². The van der Waals surface area contributed by atoms with Gasteiger partial charge in [0.05, 0.1) is 6.61 Å². The summed E-state index contributed by atoms with van der Waals surface area (Å²) in [6, 6.07) is 14.1. The maximum atomic E-state index is 13.5. The smallest absolute Gasteiger partial charge is 0.421 e. The third-order valence-corrected chi connectivity index (χ3v) is 4.75. The molecule has 0 atom stereocenters. The van der Waals surface area contributed by atoms with Crippen LogP contribution >= 0.6 is 22.6 Å². The molecule has 0 unspecified atom stereocenters. The predicted molar refractivity (Wildman–Crippen MR) is 115 cm³/mol. The highest BCUT2D eigenvalue weighted by Gasteiger charge is 2.36. The zero-order valence-electron chi connectivity index (χ0n) is 15.7. The normalized spacial score (nSPS) is 11.2. The molecule has 29 heavy (non-hydrogen) atoms. The Labute approximate surface area is 180 Å². The Balaban J connectivity index is 1.96. The van der Waals surface area contributed by atoms with E-state index in [1.54, 1.807) is 36.4 Å². The van der Waals surface area contributed by atoms with Gasteiger partial charge in [0.1, 0.15) is 11.3 Å². The quantitative estimate of drug-likeness (QED) is 0.409. The van der Waals surface area contributed by atoms with E-state index in [0.717, 1.165) is 9.77 Å². The van der Waals surface area contributed by atoms with Crippen LogP contribution in [0, 0.1) is 3.57 Å². The Bertz CT molecular complexity index is 963. The van der Waals surface area contributed by atoms with E-state index >= 15 is 0 Å². The molecule has 0 spiro atoms. The maximum absolute atomic E-state index is 13.5. The van der Waals surface area contributed by atoms with Crippen molar-refractivity contribution >= 4 is 45.7 Å². The van der Waals surface area contributed by atoms with Crippen molar-refractivity contribution in [2.24, 2.45) is 0 Å². The van der Waals surface area contributed by atoms with Crippen LogP contribution in [0.1, 0.15) is 12.5 Å². The molecule has 1 aromatic heterocycles. The first kappa shape index (κ1) is 21.2. The summed E-state index contributed by atoms with van der Waals surface area (Å²) in [6.07, 6.45) is -3.79. The lowest BCUT2D eigenvalue weighted by molar-refractivity contribution is -0.137. The second-order valence-electron chi connectivity index (χ2n) is 6.05. The fraction of sp³-hybridized carbons (Fsp3) is 0.200. The summed E-state index contributed by atoms with van der Waals surface area (Å²) in [5, 5.41) is 2.94. The van der Waals surface area contributed by atoms with Gasteiger partial charge in [-0.15, -0.1) is 0 Å². The van der Waals surface area contributed by atoms with E-state index in [1.165, 1.54) is 11.9 Å². The molecule has 3 rings (SSSR count). The van der Waals surface area contributed by atoms with Gasteiger partial charge in [0.15, 0.2) is 5.82 Å². The van der Waals surface area contributed by atoms with Crippen molar-refractivity contribution < 1.29 is 17.9 Å². The lowest BCUT2D eigenvalue weighted by Crippen LogP contribution is -2.19. The van der Waals surface area contributed by atoms with Crippen LogP contribution in [-0.4, -0.2) is 23.6 Å². The second-order valence-corrected chi connectivity index (χ2v) is 7.29. The number of alkyl halides is 3. The van der Waals surface area contributed by atoms with Crippen LogP contribution in [0.15, 0.2) is 54.7 Å². The molecule has 0 aliphatic rings. The van der Waals surface area contributed by atoms with Gasteiger partial charge in [-0.05, 0) is 78.0 Å². The SMILES string of the molecule is CCOc1ccc(N(C)c2nc(Nc3ccc(I)cc3)ncc2C(F)(F)F)cc1. The van der Waals surface area contributed by atoms with Crippen LogP contribution in [0.5, 0.6) is 5.75 Å². The fourth-order valence-corrected chi connectivity index (χ4v) is 2.97. The second kappa shape index (κ2) is 8.85. The van der Waals surface area contributed by atoms with Crippen molar-refractivity contribution in [3.05, 3.63) is 63.9 Å². The van der Waals surface area contributed by atoms with Gasteiger partial charge in [0, 0.05) is 28.2 Å². The standard InChI is InChI=1S/C20H18F3IN4O/c1-3-29-16-10-8-15(9-11-16)28(2)18-17(20(21,22)23)12-25-19(27-18)26-14-6-4-13(24)5-7-14/h4-12H,3H2,1-2H3,(H,25,26,27). The minimum atomic E-state index is -4.59. The van der Waals surface area contributed by atoms with Crippen molar-refractivity contribution in [3.8, 4) is 5.75 Å². The summed E-state index contributed by atoms with van der Waals surface area (Å²) in [7, 11) is 1.53. The zero-order chi connectivity index (χ0) is 21.0. The summed E-state index contributed by atoms with van der Waals surface area (Å²) in [5.74, 6) is 0.473. The first-order chi connectivity index (χ1) is 13.8. The average Bonchev–Trinajstić information content (AvgIpc) is 2.69. The summed E-state index contributed by atoms with van der Waals surface area (Å²) in [6.45, 7) is 2.37. The lowest BCUT2D eigenvalue weighted by Gasteiger charge is -2.23. The average molecular weight is 514 g/mol. The predicted octanol–water partition coefficient (Wildman–Crippen LogP) is 6.01. The van der Waals surface area contributed by atoms with Gasteiger partial charge in [-0.1, -0.05) is 0 Å². The van der Waals surface area contributed by atoms with Crippen LogP contribution in [0.4, 0.5) is 36.3 Å². The topological polar surface area (TPSA) is 50.3 Å². The van der Waals surface area contributed by atoms with Gasteiger partial charge >= 0.3 is 6.18 Å². The molecule has 9 heteroatoms. The van der Waals surface area contributed by atoms with Crippen LogP contribution in [-0.2, 0) is 6.18 Å². The van der Waals surface area contributed by atoms with E-state index < -0.39 is 11.7 Å². The van der Waals surface area contributed by atoms with Crippen molar-refractivity contribution in [1.82, 2.24) is 9.97 Å². The van der Waals surface area contributed by atoms with Gasteiger partial charge in [0.25, 0.3) is 0 Å². The summed E-state index contributed by atoms with van der Waals surface area (Å²) in [4.78, 5) is 9.36. The minimum Gasteiger partial charge on any atom is -0.494 e. The third kappa shape index (κ3) is 5.28. The summed E-state index contributed by atoms with van der Waals surface area (Å²) < 4.78 is 47.1. The molecule has 1 heterocycles. The van der Waals surface area contributed by atoms with Crippen molar-refractivity contribution in [3.63, 3.8) is 0 Å². The molecular weight excluding hydrogens is 496 g/mol. The first-order valence-corrected chi connectivity index (χ1v) is 9.79. The molecule has 0 bridgehead atoms. The van der Waals surface area contributed by atoms with E-state index in [0.29, 0.717) is 23.7 Å². The van der Waals surface area contributed by atoms with Gasteiger partial charge in [-0.3, -0.25) is 0 Å². The summed E-state index contributed by atoms with van der Waals surface area (Å²) >= 11 is 2.17. The van der Waals surface area contributed by atoms with Crippen LogP contribution < -0.4 is 15.0 Å². The number of ether oxygens (including phenoxy) is 1. The monoisotopic (exact) mass is 514 g/mol. The highest BCUT2D eigenvalue weighted by molar-refractivity contribution is 14.1. The molecule has 0 fully saturated rings. The molecule has 5 nitrogen and oxygen atoms in total. The number of rotatable bonds is 6. The molecule has 0 saturated heterocycles. The first-order valence-electron chi connectivity index (χ1n) is 8.71. The zero-order valence-corrected chi connectivity index (χ0v) is 17.8. The Morgan fingerprint density at radius 1 is 1.07 bits per heavy atom. The van der Waals surface area contributed by atoms with E-state index in [-0.39, 0.29) is 11.8 Å². The molecule has 1 N–H and O–H groups in total. The fourth-order valence-electron chi connectivity index (χ4n) is 2.61. The van der Waals surface area contributed by atoms with Crippen LogP contribution in [0.25, 0.3) is 0 Å². The number of hydrogen-bond donors (Lipinski definition) is 1. The maximum Gasteiger partial charge on any atom is 0.421 e. The Hall–Kier alpha value is -2.56. The highest BCUT2D eigenvalue weighted by atomic mass is 127. The van der Waals surface area contributed by atoms with E-state index in [4.69, 9.17) is 4.74 Å². The van der Waals surface area contributed by atoms with Crippen molar-refractivity contribution in [2.45, 2.75) is 13.1 Å². The van der Waals surface area contributed by atoms with E-state index in [1.807, 2.05) is 19.1 Å². The summed E-state index contributed by atoms with van der Waals surface area (Å²) in [5.41, 5.74) is 0.305. The number of aromatic nitrogens is 2. The Kier molecular flexibility index (Phi) is 6.46. The third-order valence-electron chi connectivity index (χ3n) is 4.03. The molecule has 2 aromatic carbocycles. The number of nitrogens with one attached hydrogen (secondary N) is 1. The lowest BCUT2D eigenvalue weighted by atomic mass is 10.2. The molecule has 0 aliphatic carbocycles. The van der Waals surface area contributed by atoms with Gasteiger partial charge in [0.2, 0.25) is 5.95 Å². The van der Waals surface area contributed by atoms with E-state index in [2.05, 4.69) is 37.9 Å². The molecule has 152 valence electrons. The molecule has 0 aliphatic heterocycles. The van der Waals surface area contributed by atoms with Gasteiger partial charge in [-0.2, -0.15) is 18.2 Å². The van der Waals surface area contributed by atoms with Gasteiger partial charge in [-0.25, -0.2) is 4.98 Å².